The fourth-order valence-corrected chi connectivity index (χ4v) is 1.71. The van der Waals surface area contributed by atoms with Crippen molar-refractivity contribution in [3.05, 3.63) is 52.8 Å². The number of rotatable bonds is 2. The van der Waals surface area contributed by atoms with E-state index in [4.69, 9.17) is 22.0 Å². The van der Waals surface area contributed by atoms with E-state index in [0.717, 1.165) is 5.56 Å². The van der Waals surface area contributed by atoms with E-state index in [1.165, 1.54) is 12.3 Å². The Labute approximate surface area is 108 Å². The fourth-order valence-electron chi connectivity index (χ4n) is 1.52. The smallest absolute Gasteiger partial charge is 0.338 e. The third-order valence-corrected chi connectivity index (χ3v) is 2.70. The fraction of sp³-hybridized carbons (Fsp3) is 0. The topological polar surface area (TPSA) is 74.0 Å². The van der Waals surface area contributed by atoms with Crippen molar-refractivity contribution >= 4 is 17.6 Å². The first-order chi connectivity index (χ1) is 8.61. The number of carboxylic acids is 1. The Morgan fingerprint density at radius 1 is 1.33 bits per heavy atom. The maximum absolute atomic E-state index is 11.0. The van der Waals surface area contributed by atoms with Crippen LogP contribution in [-0.4, -0.2) is 16.1 Å². The average molecular weight is 259 g/mol. The molecule has 88 valence electrons. The normalized spacial score (nSPS) is 9.78. The summed E-state index contributed by atoms with van der Waals surface area (Å²) in [5.74, 6) is -1.13. The molecule has 18 heavy (non-hydrogen) atoms. The predicted molar refractivity (Wildman–Crippen MR) is 66.4 cm³/mol. The van der Waals surface area contributed by atoms with E-state index in [9.17, 15) is 4.79 Å². The Morgan fingerprint density at radius 2 is 2.11 bits per heavy atom. The zero-order valence-corrected chi connectivity index (χ0v) is 9.85. The number of nitrogens with zero attached hydrogens (tertiary/aromatic N) is 2. The molecule has 0 amide bonds. The number of hydrogen-bond donors (Lipinski definition) is 1. The largest absolute Gasteiger partial charge is 0.478 e. The second kappa shape index (κ2) is 4.86. The highest BCUT2D eigenvalue weighted by molar-refractivity contribution is 6.32. The van der Waals surface area contributed by atoms with Gasteiger partial charge in [0, 0.05) is 11.8 Å². The molecule has 0 unspecified atom stereocenters. The third-order valence-electron chi connectivity index (χ3n) is 2.39. The van der Waals surface area contributed by atoms with Gasteiger partial charge in [-0.15, -0.1) is 0 Å². The molecule has 0 atom stereocenters. The molecular weight excluding hydrogens is 252 g/mol. The van der Waals surface area contributed by atoms with Gasteiger partial charge in [0.25, 0.3) is 0 Å². The Balaban J connectivity index is 2.54. The first-order valence-corrected chi connectivity index (χ1v) is 5.39. The minimum Gasteiger partial charge on any atom is -0.478 e. The van der Waals surface area contributed by atoms with Gasteiger partial charge in [-0.05, 0) is 23.8 Å². The molecule has 0 aliphatic rings. The first kappa shape index (κ1) is 12.1. The van der Waals surface area contributed by atoms with Crippen LogP contribution in [0.3, 0.4) is 0 Å². The molecule has 2 rings (SSSR count). The van der Waals surface area contributed by atoms with Crippen LogP contribution in [0.2, 0.25) is 5.15 Å². The van der Waals surface area contributed by atoms with Gasteiger partial charge in [-0.1, -0.05) is 23.7 Å². The number of carboxylic acid groups (broad SMARTS) is 1. The summed E-state index contributed by atoms with van der Waals surface area (Å²) in [6.07, 6.45) is 1.48. The average Bonchev–Trinajstić information content (AvgIpc) is 2.39. The van der Waals surface area contributed by atoms with Crippen molar-refractivity contribution in [3.63, 3.8) is 0 Å². The third kappa shape index (κ3) is 2.31. The zero-order chi connectivity index (χ0) is 13.1. The quantitative estimate of drug-likeness (QED) is 0.841. The van der Waals surface area contributed by atoms with Gasteiger partial charge in [0.1, 0.15) is 5.15 Å². The van der Waals surface area contributed by atoms with Crippen molar-refractivity contribution in [1.82, 2.24) is 4.98 Å². The van der Waals surface area contributed by atoms with Crippen LogP contribution >= 0.6 is 11.6 Å². The maximum atomic E-state index is 11.0. The summed E-state index contributed by atoms with van der Waals surface area (Å²) >= 11 is 5.69. The Bertz CT molecular complexity index is 662. The number of halogens is 1. The number of hydrogen-bond acceptors (Lipinski definition) is 3. The minimum atomic E-state index is -1.13. The van der Waals surface area contributed by atoms with Gasteiger partial charge < -0.3 is 5.11 Å². The van der Waals surface area contributed by atoms with Gasteiger partial charge >= 0.3 is 5.97 Å². The molecule has 2 aromatic rings. The summed E-state index contributed by atoms with van der Waals surface area (Å²) in [5.41, 5.74) is 1.77. The minimum absolute atomic E-state index is 0.0531. The van der Waals surface area contributed by atoms with Crippen LogP contribution in [0.1, 0.15) is 15.9 Å². The summed E-state index contributed by atoms with van der Waals surface area (Å²) in [6.45, 7) is 0. The molecule has 0 radical (unpaired) electrons. The van der Waals surface area contributed by atoms with Crippen LogP contribution in [0.15, 0.2) is 36.5 Å². The van der Waals surface area contributed by atoms with Crippen LogP contribution in [-0.2, 0) is 0 Å². The van der Waals surface area contributed by atoms with Crippen molar-refractivity contribution < 1.29 is 9.90 Å². The summed E-state index contributed by atoms with van der Waals surface area (Å²) in [5, 5.41) is 17.7. The van der Waals surface area contributed by atoms with Crippen molar-refractivity contribution in [3.8, 4) is 17.2 Å². The number of aromatic nitrogens is 1. The van der Waals surface area contributed by atoms with Gasteiger partial charge in [0.05, 0.1) is 17.2 Å². The van der Waals surface area contributed by atoms with Crippen LogP contribution < -0.4 is 0 Å². The van der Waals surface area contributed by atoms with Crippen LogP contribution in [0.5, 0.6) is 0 Å². The van der Waals surface area contributed by atoms with E-state index >= 15 is 0 Å². The lowest BCUT2D eigenvalue weighted by molar-refractivity contribution is 0.0696. The van der Waals surface area contributed by atoms with Gasteiger partial charge in [0.2, 0.25) is 0 Å². The molecule has 0 bridgehead atoms. The number of nitriles is 1. The molecule has 0 saturated carbocycles. The predicted octanol–water partition coefficient (Wildman–Crippen LogP) is 2.97. The Morgan fingerprint density at radius 3 is 2.78 bits per heavy atom. The van der Waals surface area contributed by atoms with Gasteiger partial charge in [-0.2, -0.15) is 5.26 Å². The van der Waals surface area contributed by atoms with E-state index in [2.05, 4.69) is 4.98 Å². The maximum Gasteiger partial charge on any atom is 0.338 e. The second-order valence-electron chi connectivity index (χ2n) is 3.56. The highest BCUT2D eigenvalue weighted by Crippen LogP contribution is 2.23. The van der Waals surface area contributed by atoms with E-state index in [0.29, 0.717) is 11.1 Å². The van der Waals surface area contributed by atoms with Crippen LogP contribution in [0.25, 0.3) is 11.1 Å². The molecule has 1 aromatic carbocycles. The summed E-state index contributed by atoms with van der Waals surface area (Å²) < 4.78 is 0. The van der Waals surface area contributed by atoms with Crippen molar-refractivity contribution in [2.75, 3.05) is 0 Å². The second-order valence-corrected chi connectivity index (χ2v) is 3.92. The molecule has 5 heteroatoms. The molecule has 0 aliphatic carbocycles. The molecule has 0 fully saturated rings. The monoisotopic (exact) mass is 258 g/mol. The van der Waals surface area contributed by atoms with Gasteiger partial charge in [0.15, 0.2) is 0 Å². The molecule has 4 nitrogen and oxygen atoms in total. The molecule has 1 N–H and O–H groups in total. The molecule has 0 aliphatic heterocycles. The van der Waals surface area contributed by atoms with E-state index in [1.54, 1.807) is 24.3 Å². The number of benzene rings is 1. The summed E-state index contributed by atoms with van der Waals surface area (Å²) in [7, 11) is 0. The van der Waals surface area contributed by atoms with E-state index < -0.39 is 5.97 Å². The lowest BCUT2D eigenvalue weighted by Crippen LogP contribution is -1.99. The zero-order valence-electron chi connectivity index (χ0n) is 9.09. The Kier molecular flexibility index (Phi) is 3.26. The lowest BCUT2D eigenvalue weighted by atomic mass is 10.0. The molecule has 1 aromatic heterocycles. The van der Waals surface area contributed by atoms with Crippen molar-refractivity contribution in [2.24, 2.45) is 0 Å². The molecule has 0 spiro atoms. The molecule has 1 heterocycles. The van der Waals surface area contributed by atoms with Gasteiger partial charge in [-0.25, -0.2) is 9.78 Å². The van der Waals surface area contributed by atoms with Crippen LogP contribution in [0.4, 0.5) is 0 Å². The number of pyridine rings is 1. The van der Waals surface area contributed by atoms with E-state index in [-0.39, 0.29) is 10.7 Å². The highest BCUT2D eigenvalue weighted by atomic mass is 35.5. The number of carbonyl (C=O) groups is 1. The lowest BCUT2D eigenvalue weighted by Gasteiger charge is -2.04. The van der Waals surface area contributed by atoms with Crippen molar-refractivity contribution in [1.29, 1.82) is 5.26 Å². The number of aromatic carboxylic acids is 1. The molecule has 0 saturated heterocycles. The highest BCUT2D eigenvalue weighted by Gasteiger charge is 2.11. The molecular formula is C13H7ClN2O2. The standard InChI is InChI=1S/C13H7ClN2O2/c14-12-11(13(17)18)5-10(7-16-12)9-3-1-2-8(4-9)6-15/h1-5,7H,(H,17,18). The summed E-state index contributed by atoms with van der Waals surface area (Å²) in [4.78, 5) is 14.8. The van der Waals surface area contributed by atoms with E-state index in [1.807, 2.05) is 6.07 Å². The summed E-state index contributed by atoms with van der Waals surface area (Å²) in [6, 6.07) is 10.3. The van der Waals surface area contributed by atoms with Crippen molar-refractivity contribution in [2.45, 2.75) is 0 Å². The SMILES string of the molecule is N#Cc1cccc(-c2cnc(Cl)c(C(=O)O)c2)c1. The Hall–Kier alpha value is -2.38. The first-order valence-electron chi connectivity index (χ1n) is 5.01. The van der Waals surface area contributed by atoms with Crippen LogP contribution in [0, 0.1) is 11.3 Å². The van der Waals surface area contributed by atoms with Gasteiger partial charge in [-0.3, -0.25) is 0 Å².